The molecule has 0 bridgehead atoms. The fourth-order valence-corrected chi connectivity index (χ4v) is 2.21. The van der Waals surface area contributed by atoms with Gasteiger partial charge in [-0.25, -0.2) is 0 Å². The van der Waals surface area contributed by atoms with Gasteiger partial charge in [-0.1, -0.05) is 26.8 Å². The molecule has 0 spiro atoms. The Morgan fingerprint density at radius 1 is 1.05 bits per heavy atom. The zero-order chi connectivity index (χ0) is 17.4. The summed E-state index contributed by atoms with van der Waals surface area (Å²) < 4.78 is 0. The summed E-state index contributed by atoms with van der Waals surface area (Å²) >= 11 is 0. The van der Waals surface area contributed by atoms with Crippen molar-refractivity contribution in [3.8, 4) is 0 Å². The van der Waals surface area contributed by atoms with Gasteiger partial charge in [0.15, 0.2) is 5.78 Å². The Morgan fingerprint density at radius 2 is 1.64 bits per heavy atom. The van der Waals surface area contributed by atoms with Gasteiger partial charge in [-0.15, -0.1) is 0 Å². The summed E-state index contributed by atoms with van der Waals surface area (Å²) in [7, 11) is 0. The molecule has 0 aliphatic heterocycles. The number of ketones is 1. The summed E-state index contributed by atoms with van der Waals surface area (Å²) in [4.78, 5) is 23.9. The van der Waals surface area contributed by atoms with Crippen LogP contribution in [0, 0.1) is 5.41 Å². The van der Waals surface area contributed by atoms with Gasteiger partial charge in [-0.05, 0) is 53.0 Å². The van der Waals surface area contributed by atoms with Crippen molar-refractivity contribution in [3.05, 3.63) is 12.2 Å². The molecule has 0 rings (SSSR count). The molecule has 0 unspecified atom stereocenters. The van der Waals surface area contributed by atoms with Crippen molar-refractivity contribution in [1.29, 1.82) is 0 Å². The topological polar surface area (TPSA) is 58.2 Å². The van der Waals surface area contributed by atoms with Crippen molar-refractivity contribution in [2.75, 3.05) is 6.54 Å². The van der Waals surface area contributed by atoms with E-state index in [1.54, 1.807) is 6.08 Å². The third kappa shape index (κ3) is 9.72. The van der Waals surface area contributed by atoms with Crippen LogP contribution in [0.15, 0.2) is 12.2 Å². The summed E-state index contributed by atoms with van der Waals surface area (Å²) in [5, 5.41) is 6.27. The fourth-order valence-electron chi connectivity index (χ4n) is 2.21. The van der Waals surface area contributed by atoms with Crippen LogP contribution in [0.5, 0.6) is 0 Å². The Kier molecular flexibility index (Phi) is 8.61. The average molecular weight is 310 g/mol. The molecule has 22 heavy (non-hydrogen) atoms. The van der Waals surface area contributed by atoms with Gasteiger partial charge in [-0.2, -0.15) is 0 Å². The van der Waals surface area contributed by atoms with Crippen LogP contribution < -0.4 is 10.6 Å². The zero-order valence-electron chi connectivity index (χ0n) is 15.4. The maximum atomic E-state index is 12.6. The predicted molar refractivity (Wildman–Crippen MR) is 92.8 cm³/mol. The predicted octanol–water partition coefficient (Wildman–Crippen LogP) is 3.22. The SMILES string of the molecule is C/C=C/C(=O)NCCCC[C@H](NC(C)(C)C)C(=O)C(C)(C)C. The maximum Gasteiger partial charge on any atom is 0.243 e. The van der Waals surface area contributed by atoms with Crippen LogP contribution in [0.25, 0.3) is 0 Å². The van der Waals surface area contributed by atoms with Gasteiger partial charge in [-0.3, -0.25) is 9.59 Å². The van der Waals surface area contributed by atoms with Crippen LogP contribution in [0.3, 0.4) is 0 Å². The van der Waals surface area contributed by atoms with E-state index in [-0.39, 0.29) is 28.7 Å². The molecule has 0 heterocycles. The highest BCUT2D eigenvalue weighted by Crippen LogP contribution is 2.21. The first kappa shape index (κ1) is 20.8. The van der Waals surface area contributed by atoms with Crippen molar-refractivity contribution >= 4 is 11.7 Å². The number of allylic oxidation sites excluding steroid dienone is 1. The lowest BCUT2D eigenvalue weighted by atomic mass is 9.84. The number of amides is 1. The largest absolute Gasteiger partial charge is 0.353 e. The van der Waals surface area contributed by atoms with Crippen molar-refractivity contribution in [2.45, 2.75) is 79.3 Å². The molecular formula is C18H34N2O2. The Labute approximate surface area is 136 Å². The average Bonchev–Trinajstić information content (AvgIpc) is 2.33. The third-order valence-corrected chi connectivity index (χ3v) is 3.20. The highest BCUT2D eigenvalue weighted by molar-refractivity contribution is 5.88. The van der Waals surface area contributed by atoms with Crippen LogP contribution >= 0.6 is 0 Å². The van der Waals surface area contributed by atoms with Crippen LogP contribution in [-0.4, -0.2) is 29.8 Å². The van der Waals surface area contributed by atoms with Gasteiger partial charge >= 0.3 is 0 Å². The van der Waals surface area contributed by atoms with Gasteiger partial charge in [0.2, 0.25) is 5.91 Å². The van der Waals surface area contributed by atoms with Crippen molar-refractivity contribution in [3.63, 3.8) is 0 Å². The first-order chi connectivity index (χ1) is 9.97. The van der Waals surface area contributed by atoms with Crippen LogP contribution in [0.1, 0.15) is 67.7 Å². The van der Waals surface area contributed by atoms with Crippen molar-refractivity contribution < 1.29 is 9.59 Å². The summed E-state index contributed by atoms with van der Waals surface area (Å²) in [6.45, 7) is 14.6. The minimum atomic E-state index is -0.344. The number of unbranched alkanes of at least 4 members (excludes halogenated alkanes) is 1. The molecule has 128 valence electrons. The number of hydrogen-bond donors (Lipinski definition) is 2. The molecule has 0 aromatic rings. The van der Waals surface area contributed by atoms with E-state index in [9.17, 15) is 9.59 Å². The molecule has 0 aliphatic carbocycles. The van der Waals surface area contributed by atoms with Gasteiger partial charge in [0.1, 0.15) is 0 Å². The second kappa shape index (κ2) is 9.09. The molecule has 1 atom stereocenters. The summed E-state index contributed by atoms with van der Waals surface area (Å²) in [5.41, 5.74) is -0.436. The second-order valence-corrected chi connectivity index (χ2v) is 7.85. The molecule has 1 amide bonds. The van der Waals surface area contributed by atoms with Gasteiger partial charge in [0, 0.05) is 17.5 Å². The number of carbonyl (C=O) groups is 2. The summed E-state index contributed by atoms with van der Waals surface area (Å²) in [5.74, 6) is 0.193. The number of carbonyl (C=O) groups excluding carboxylic acids is 2. The Bertz CT molecular complexity index is 387. The van der Waals surface area contributed by atoms with E-state index in [0.717, 1.165) is 19.3 Å². The third-order valence-electron chi connectivity index (χ3n) is 3.20. The van der Waals surface area contributed by atoms with Crippen LogP contribution in [0.4, 0.5) is 0 Å². The fraction of sp³-hybridized carbons (Fsp3) is 0.778. The standard InChI is InChI=1S/C18H34N2O2/c1-8-11-15(21)19-13-10-9-12-14(20-18(5,6)7)16(22)17(2,3)4/h8,11,14,20H,9-10,12-13H2,1-7H3,(H,19,21)/b11-8+/t14-/m0/s1. The number of Topliss-reactive ketones (excluding diaryl/α,β-unsaturated/α-hetero) is 1. The quantitative estimate of drug-likeness (QED) is 0.534. The van der Waals surface area contributed by atoms with Crippen molar-refractivity contribution in [2.24, 2.45) is 5.41 Å². The first-order valence-electron chi connectivity index (χ1n) is 8.20. The molecule has 0 saturated carbocycles. The molecule has 0 saturated heterocycles. The maximum absolute atomic E-state index is 12.6. The summed E-state index contributed by atoms with van der Waals surface area (Å²) in [6.07, 6.45) is 5.83. The number of nitrogens with one attached hydrogen (secondary N) is 2. The van der Waals surface area contributed by atoms with E-state index in [1.165, 1.54) is 6.08 Å². The monoisotopic (exact) mass is 310 g/mol. The Morgan fingerprint density at radius 3 is 2.09 bits per heavy atom. The Balaban J connectivity index is 4.37. The molecule has 4 nitrogen and oxygen atoms in total. The van der Waals surface area contributed by atoms with E-state index in [0.29, 0.717) is 6.54 Å². The number of rotatable bonds is 8. The summed E-state index contributed by atoms with van der Waals surface area (Å²) in [6, 6.07) is -0.133. The molecule has 0 radical (unpaired) electrons. The van der Waals surface area contributed by atoms with E-state index in [1.807, 2.05) is 27.7 Å². The Hall–Kier alpha value is -1.16. The normalized spacial score (nSPS) is 14.1. The van der Waals surface area contributed by atoms with Gasteiger partial charge in [0.25, 0.3) is 0 Å². The second-order valence-electron chi connectivity index (χ2n) is 7.85. The first-order valence-corrected chi connectivity index (χ1v) is 8.20. The lowest BCUT2D eigenvalue weighted by Crippen LogP contribution is -2.50. The smallest absolute Gasteiger partial charge is 0.243 e. The molecular weight excluding hydrogens is 276 g/mol. The lowest BCUT2D eigenvalue weighted by molar-refractivity contribution is -0.129. The highest BCUT2D eigenvalue weighted by Gasteiger charge is 2.31. The molecule has 0 aromatic carbocycles. The molecule has 4 heteroatoms. The molecule has 0 fully saturated rings. The minimum Gasteiger partial charge on any atom is -0.353 e. The van der Waals surface area contributed by atoms with Crippen LogP contribution in [-0.2, 0) is 9.59 Å². The molecule has 2 N–H and O–H groups in total. The van der Waals surface area contributed by atoms with Gasteiger partial charge in [0.05, 0.1) is 6.04 Å². The molecule has 0 aromatic heterocycles. The number of hydrogen-bond acceptors (Lipinski definition) is 3. The van der Waals surface area contributed by atoms with E-state index in [4.69, 9.17) is 0 Å². The zero-order valence-corrected chi connectivity index (χ0v) is 15.4. The van der Waals surface area contributed by atoms with Crippen LogP contribution in [0.2, 0.25) is 0 Å². The lowest BCUT2D eigenvalue weighted by Gasteiger charge is -2.31. The highest BCUT2D eigenvalue weighted by atomic mass is 16.1. The van der Waals surface area contributed by atoms with Crippen molar-refractivity contribution in [1.82, 2.24) is 10.6 Å². The van der Waals surface area contributed by atoms with E-state index < -0.39 is 0 Å². The van der Waals surface area contributed by atoms with Gasteiger partial charge < -0.3 is 10.6 Å². The van der Waals surface area contributed by atoms with E-state index in [2.05, 4.69) is 31.4 Å². The van der Waals surface area contributed by atoms with E-state index >= 15 is 0 Å². The molecule has 0 aliphatic rings. The minimum absolute atomic E-state index is 0.0577.